The van der Waals surface area contributed by atoms with Gasteiger partial charge in [0, 0.05) is 6.20 Å². The number of amides is 1. The number of para-hydroxylation sites is 3. The highest BCUT2D eigenvalue weighted by molar-refractivity contribution is 6.07. The van der Waals surface area contributed by atoms with E-state index >= 15 is 0 Å². The Balaban J connectivity index is 1.64. The Kier molecular flexibility index (Phi) is 4.10. The van der Waals surface area contributed by atoms with Crippen molar-refractivity contribution < 1.29 is 9.53 Å². The Morgan fingerprint density at radius 1 is 1.15 bits per heavy atom. The summed E-state index contributed by atoms with van der Waals surface area (Å²) in [6, 6.07) is 14.8. The van der Waals surface area contributed by atoms with E-state index in [1.54, 1.807) is 24.4 Å². The van der Waals surface area contributed by atoms with E-state index in [0.29, 0.717) is 35.1 Å². The third-order valence-corrected chi connectivity index (χ3v) is 3.93. The van der Waals surface area contributed by atoms with E-state index < -0.39 is 0 Å². The van der Waals surface area contributed by atoms with Crippen molar-refractivity contribution >= 4 is 22.6 Å². The van der Waals surface area contributed by atoms with Crippen molar-refractivity contribution in [2.24, 2.45) is 0 Å². The number of benzene rings is 2. The summed E-state index contributed by atoms with van der Waals surface area (Å²) in [5, 5.41) is 9.88. The standard InChI is InChI=1S/C19H17N5O2/c1-2-26-16-10-6-3-7-12(16)19(25)23-15-11-20-24-17(15)18-21-13-8-4-5-9-14(13)22-18/h3-11H,2H2,1H3,(H,20,24)(H,21,22)(H,23,25). The van der Waals surface area contributed by atoms with Gasteiger partial charge in [0.25, 0.3) is 5.91 Å². The van der Waals surface area contributed by atoms with Crippen LogP contribution >= 0.6 is 0 Å². The zero-order valence-electron chi connectivity index (χ0n) is 14.1. The van der Waals surface area contributed by atoms with Gasteiger partial charge in [-0.1, -0.05) is 24.3 Å². The molecule has 0 bridgehead atoms. The molecule has 3 N–H and O–H groups in total. The second-order valence-corrected chi connectivity index (χ2v) is 5.63. The molecule has 130 valence electrons. The van der Waals surface area contributed by atoms with E-state index in [1.165, 1.54) is 0 Å². The van der Waals surface area contributed by atoms with E-state index in [-0.39, 0.29) is 5.91 Å². The largest absolute Gasteiger partial charge is 0.493 e. The number of rotatable bonds is 5. The molecule has 7 nitrogen and oxygen atoms in total. The number of imidazole rings is 1. The van der Waals surface area contributed by atoms with Gasteiger partial charge in [0.15, 0.2) is 11.5 Å². The van der Waals surface area contributed by atoms with Crippen LogP contribution in [0.5, 0.6) is 5.75 Å². The topological polar surface area (TPSA) is 95.7 Å². The van der Waals surface area contributed by atoms with Gasteiger partial charge in [0.2, 0.25) is 0 Å². The quantitative estimate of drug-likeness (QED) is 0.514. The van der Waals surface area contributed by atoms with Gasteiger partial charge < -0.3 is 15.0 Å². The molecule has 0 radical (unpaired) electrons. The molecule has 0 aliphatic rings. The van der Waals surface area contributed by atoms with E-state index in [1.807, 2.05) is 37.3 Å². The molecule has 7 heteroatoms. The SMILES string of the molecule is CCOc1ccccc1C(=O)Nc1c[nH]nc1-c1nc2ccccc2[nH]1. The van der Waals surface area contributed by atoms with Crippen LogP contribution in [0, 0.1) is 0 Å². The number of nitrogens with one attached hydrogen (secondary N) is 3. The maximum atomic E-state index is 12.7. The first kappa shape index (κ1) is 15.9. The summed E-state index contributed by atoms with van der Waals surface area (Å²) in [4.78, 5) is 20.4. The molecule has 0 saturated carbocycles. The highest BCUT2D eigenvalue weighted by Crippen LogP contribution is 2.26. The predicted molar refractivity (Wildman–Crippen MR) is 99.2 cm³/mol. The minimum atomic E-state index is -0.271. The van der Waals surface area contributed by atoms with Crippen molar-refractivity contribution in [1.29, 1.82) is 0 Å². The number of H-pyrrole nitrogens is 2. The van der Waals surface area contributed by atoms with Crippen molar-refractivity contribution in [1.82, 2.24) is 20.2 Å². The van der Waals surface area contributed by atoms with E-state index in [4.69, 9.17) is 4.74 Å². The molecule has 0 unspecified atom stereocenters. The van der Waals surface area contributed by atoms with Crippen molar-refractivity contribution in [3.8, 4) is 17.3 Å². The van der Waals surface area contributed by atoms with Gasteiger partial charge in [-0.05, 0) is 31.2 Å². The second kappa shape index (κ2) is 6.72. The molecule has 2 aromatic heterocycles. The van der Waals surface area contributed by atoms with Gasteiger partial charge in [-0.3, -0.25) is 9.89 Å². The monoisotopic (exact) mass is 347 g/mol. The molecule has 0 atom stereocenters. The average molecular weight is 347 g/mol. The van der Waals surface area contributed by atoms with Gasteiger partial charge in [-0.25, -0.2) is 4.98 Å². The molecule has 0 aliphatic carbocycles. The number of hydrogen-bond acceptors (Lipinski definition) is 4. The maximum absolute atomic E-state index is 12.7. The fourth-order valence-corrected chi connectivity index (χ4v) is 2.76. The first-order valence-corrected chi connectivity index (χ1v) is 8.28. The number of carbonyl (C=O) groups is 1. The summed E-state index contributed by atoms with van der Waals surface area (Å²) in [6.45, 7) is 2.37. The number of nitrogens with zero attached hydrogens (tertiary/aromatic N) is 2. The van der Waals surface area contributed by atoms with Crippen LogP contribution in [-0.4, -0.2) is 32.7 Å². The molecular weight excluding hydrogens is 330 g/mol. The van der Waals surface area contributed by atoms with Crippen LogP contribution in [0.25, 0.3) is 22.6 Å². The zero-order valence-corrected chi connectivity index (χ0v) is 14.1. The fourth-order valence-electron chi connectivity index (χ4n) is 2.76. The van der Waals surface area contributed by atoms with Crippen LogP contribution in [0.3, 0.4) is 0 Å². The Labute approximate surface area is 149 Å². The summed E-state index contributed by atoms with van der Waals surface area (Å²) in [5.41, 5.74) is 3.30. The van der Waals surface area contributed by atoms with Gasteiger partial charge in [0.05, 0.1) is 28.9 Å². The van der Waals surface area contributed by atoms with Crippen molar-refractivity contribution in [2.45, 2.75) is 6.92 Å². The number of aromatic nitrogens is 4. The normalized spacial score (nSPS) is 10.8. The Hall–Kier alpha value is -3.61. The molecule has 0 fully saturated rings. The van der Waals surface area contributed by atoms with Gasteiger partial charge >= 0.3 is 0 Å². The van der Waals surface area contributed by atoms with E-state index in [0.717, 1.165) is 11.0 Å². The summed E-state index contributed by atoms with van der Waals surface area (Å²) in [6.07, 6.45) is 1.63. The van der Waals surface area contributed by atoms with Crippen LogP contribution in [-0.2, 0) is 0 Å². The summed E-state index contributed by atoms with van der Waals surface area (Å²) >= 11 is 0. The minimum Gasteiger partial charge on any atom is -0.493 e. The number of ether oxygens (including phenoxy) is 1. The highest BCUT2D eigenvalue weighted by Gasteiger charge is 2.18. The average Bonchev–Trinajstić information content (AvgIpc) is 3.28. The molecule has 2 aromatic carbocycles. The third kappa shape index (κ3) is 2.90. The van der Waals surface area contributed by atoms with Crippen LogP contribution in [0.1, 0.15) is 17.3 Å². The fraction of sp³-hybridized carbons (Fsp3) is 0.105. The number of carbonyl (C=O) groups excluding carboxylic acids is 1. The van der Waals surface area contributed by atoms with Crippen molar-refractivity contribution in [3.63, 3.8) is 0 Å². The smallest absolute Gasteiger partial charge is 0.259 e. The second-order valence-electron chi connectivity index (χ2n) is 5.63. The Bertz CT molecular complexity index is 1030. The van der Waals surface area contributed by atoms with Crippen LogP contribution in [0.4, 0.5) is 5.69 Å². The summed E-state index contributed by atoms with van der Waals surface area (Å²) < 4.78 is 5.53. The summed E-state index contributed by atoms with van der Waals surface area (Å²) in [5.74, 6) is 0.856. The molecule has 0 spiro atoms. The first-order valence-electron chi connectivity index (χ1n) is 8.28. The lowest BCUT2D eigenvalue weighted by atomic mass is 10.2. The number of hydrogen-bond donors (Lipinski definition) is 3. The molecule has 2 heterocycles. The summed E-state index contributed by atoms with van der Waals surface area (Å²) in [7, 11) is 0. The molecule has 26 heavy (non-hydrogen) atoms. The first-order chi connectivity index (χ1) is 12.8. The number of fused-ring (bicyclic) bond motifs is 1. The van der Waals surface area contributed by atoms with Gasteiger partial charge in [-0.2, -0.15) is 5.10 Å². The number of anilines is 1. The lowest BCUT2D eigenvalue weighted by Crippen LogP contribution is -2.14. The molecule has 4 rings (SSSR count). The number of aromatic amines is 2. The minimum absolute atomic E-state index is 0.271. The molecule has 0 saturated heterocycles. The molecule has 4 aromatic rings. The molecule has 0 aliphatic heterocycles. The maximum Gasteiger partial charge on any atom is 0.259 e. The van der Waals surface area contributed by atoms with Gasteiger partial charge in [0.1, 0.15) is 5.75 Å². The molecule has 1 amide bonds. The van der Waals surface area contributed by atoms with Crippen molar-refractivity contribution in [3.05, 3.63) is 60.3 Å². The van der Waals surface area contributed by atoms with Crippen molar-refractivity contribution in [2.75, 3.05) is 11.9 Å². The lowest BCUT2D eigenvalue weighted by molar-refractivity contribution is 0.102. The van der Waals surface area contributed by atoms with Crippen LogP contribution < -0.4 is 10.1 Å². The lowest BCUT2D eigenvalue weighted by Gasteiger charge is -2.10. The third-order valence-electron chi connectivity index (χ3n) is 3.93. The molecular formula is C19H17N5O2. The van der Waals surface area contributed by atoms with Gasteiger partial charge in [-0.15, -0.1) is 0 Å². The Morgan fingerprint density at radius 2 is 1.96 bits per heavy atom. The van der Waals surface area contributed by atoms with Crippen LogP contribution in [0.15, 0.2) is 54.7 Å². The van der Waals surface area contributed by atoms with Crippen LogP contribution in [0.2, 0.25) is 0 Å². The highest BCUT2D eigenvalue weighted by atomic mass is 16.5. The van der Waals surface area contributed by atoms with E-state index in [9.17, 15) is 4.79 Å². The Morgan fingerprint density at radius 3 is 2.81 bits per heavy atom. The predicted octanol–water partition coefficient (Wildman–Crippen LogP) is 3.60. The zero-order chi connectivity index (χ0) is 17.9. The van der Waals surface area contributed by atoms with E-state index in [2.05, 4.69) is 25.5 Å².